The monoisotopic (exact) mass is 348 g/mol. The third-order valence-electron chi connectivity index (χ3n) is 5.82. The lowest BCUT2D eigenvalue weighted by Gasteiger charge is -2.32. The second kappa shape index (κ2) is 6.25. The summed E-state index contributed by atoms with van der Waals surface area (Å²) >= 11 is 0. The molecule has 1 spiro atoms. The Balaban J connectivity index is 2.27. The van der Waals surface area contributed by atoms with Crippen molar-refractivity contribution >= 4 is 11.1 Å². The average molecular weight is 348 g/mol. The van der Waals surface area contributed by atoms with Gasteiger partial charge in [0.1, 0.15) is 0 Å². The quantitative estimate of drug-likeness (QED) is 0.561. The Hall–Kier alpha value is -3.12. The zero-order valence-corrected chi connectivity index (χ0v) is 16.0. The highest BCUT2D eigenvalue weighted by Gasteiger charge is 2.51. The summed E-state index contributed by atoms with van der Waals surface area (Å²) in [6.45, 7) is 16.7. The molecule has 132 valence electrons. The molecular formula is C27H24. The molecule has 2 aliphatic carbocycles. The molecule has 0 saturated heterocycles. The highest BCUT2D eigenvalue weighted by Crippen LogP contribution is 2.61. The summed E-state index contributed by atoms with van der Waals surface area (Å²) in [7, 11) is 0. The zero-order chi connectivity index (χ0) is 19.2. The summed E-state index contributed by atoms with van der Waals surface area (Å²) in [5, 5.41) is 0. The van der Waals surface area contributed by atoms with Gasteiger partial charge < -0.3 is 0 Å². The van der Waals surface area contributed by atoms with Gasteiger partial charge in [0.05, 0.1) is 5.41 Å². The molecule has 0 aromatic heterocycles. The Bertz CT molecular complexity index is 1080. The van der Waals surface area contributed by atoms with Crippen molar-refractivity contribution in [2.24, 2.45) is 0 Å². The van der Waals surface area contributed by atoms with Gasteiger partial charge in [-0.2, -0.15) is 0 Å². The molecule has 2 aromatic rings. The zero-order valence-electron chi connectivity index (χ0n) is 16.0. The Kier molecular flexibility index (Phi) is 4.00. The number of benzene rings is 2. The molecule has 0 nitrogen and oxygen atoms in total. The van der Waals surface area contributed by atoms with Crippen LogP contribution in [0.1, 0.15) is 34.7 Å². The smallest absolute Gasteiger partial charge is 0.0725 e. The van der Waals surface area contributed by atoms with Crippen LogP contribution in [-0.2, 0) is 5.41 Å². The Morgan fingerprint density at radius 1 is 0.778 bits per heavy atom. The minimum atomic E-state index is -0.362. The normalized spacial score (nSPS) is 20.4. The largest absolute Gasteiger partial charge is 0.0987 e. The predicted molar refractivity (Wildman–Crippen MR) is 118 cm³/mol. The van der Waals surface area contributed by atoms with Crippen LogP contribution >= 0.6 is 0 Å². The first-order chi connectivity index (χ1) is 13.1. The minimum absolute atomic E-state index is 0.362. The molecule has 1 atom stereocenters. The fourth-order valence-corrected chi connectivity index (χ4v) is 4.90. The van der Waals surface area contributed by atoms with Crippen LogP contribution in [0.15, 0.2) is 104 Å². The molecule has 0 saturated carbocycles. The second-order valence-electron chi connectivity index (χ2n) is 7.11. The van der Waals surface area contributed by atoms with Gasteiger partial charge in [-0.1, -0.05) is 98.1 Å². The van der Waals surface area contributed by atoms with Crippen LogP contribution in [0.5, 0.6) is 0 Å². The Morgan fingerprint density at radius 3 is 2.11 bits per heavy atom. The van der Waals surface area contributed by atoms with Gasteiger partial charge in [0.2, 0.25) is 0 Å². The van der Waals surface area contributed by atoms with Gasteiger partial charge in [-0.3, -0.25) is 0 Å². The van der Waals surface area contributed by atoms with Crippen molar-refractivity contribution in [3.63, 3.8) is 0 Å². The molecule has 4 rings (SSSR count). The number of fused-ring (bicyclic) bond motifs is 4. The van der Waals surface area contributed by atoms with E-state index < -0.39 is 0 Å². The number of rotatable bonds is 4. The SMILES string of the molecule is C=CC1=C(C=C)C2(C(/C=C\C)=C(C=C)c3ccc(C)cc32)c2ccccc21. The summed E-state index contributed by atoms with van der Waals surface area (Å²) < 4.78 is 0. The number of hydrogen-bond acceptors (Lipinski definition) is 0. The van der Waals surface area contributed by atoms with E-state index >= 15 is 0 Å². The van der Waals surface area contributed by atoms with Crippen molar-refractivity contribution in [2.75, 3.05) is 0 Å². The summed E-state index contributed by atoms with van der Waals surface area (Å²) in [6.07, 6.45) is 10.3. The van der Waals surface area contributed by atoms with Crippen molar-refractivity contribution in [2.45, 2.75) is 19.3 Å². The molecular weight excluding hydrogens is 324 g/mol. The standard InChI is InChI=1S/C27H24/c1-6-12-24-20(8-3)22-16-15-18(5)17-26(22)27(24)23(9-4)19(7-2)21-13-10-11-14-25(21)27/h6-17H,2-4H2,1,5H3/b12-6-. The maximum absolute atomic E-state index is 4.21. The molecule has 0 fully saturated rings. The number of aryl methyl sites for hydroxylation is 1. The third kappa shape index (κ3) is 2.04. The first kappa shape index (κ1) is 17.3. The van der Waals surface area contributed by atoms with Gasteiger partial charge in [0.15, 0.2) is 0 Å². The van der Waals surface area contributed by atoms with Crippen LogP contribution in [0.4, 0.5) is 0 Å². The van der Waals surface area contributed by atoms with Gasteiger partial charge in [0, 0.05) is 0 Å². The van der Waals surface area contributed by atoms with E-state index in [2.05, 4.69) is 88.2 Å². The third-order valence-corrected chi connectivity index (χ3v) is 5.82. The van der Waals surface area contributed by atoms with Crippen LogP contribution in [0.3, 0.4) is 0 Å². The van der Waals surface area contributed by atoms with Crippen LogP contribution < -0.4 is 0 Å². The molecule has 0 bridgehead atoms. The van der Waals surface area contributed by atoms with Crippen molar-refractivity contribution in [1.29, 1.82) is 0 Å². The van der Waals surface area contributed by atoms with Gasteiger partial charge in [-0.05, 0) is 58.4 Å². The highest BCUT2D eigenvalue weighted by atomic mass is 14.5. The summed E-state index contributed by atoms with van der Waals surface area (Å²) in [6, 6.07) is 15.4. The molecule has 0 radical (unpaired) electrons. The maximum Gasteiger partial charge on any atom is 0.0725 e. The van der Waals surface area contributed by atoms with E-state index in [0.29, 0.717) is 0 Å². The molecule has 0 amide bonds. The van der Waals surface area contributed by atoms with E-state index in [0.717, 1.165) is 0 Å². The van der Waals surface area contributed by atoms with Crippen LogP contribution in [0.2, 0.25) is 0 Å². The van der Waals surface area contributed by atoms with Gasteiger partial charge >= 0.3 is 0 Å². The fraction of sp³-hybridized carbons (Fsp3) is 0.111. The van der Waals surface area contributed by atoms with Crippen LogP contribution in [0, 0.1) is 6.92 Å². The fourth-order valence-electron chi connectivity index (χ4n) is 4.90. The molecule has 0 N–H and O–H groups in total. The molecule has 2 aromatic carbocycles. The van der Waals surface area contributed by atoms with Crippen LogP contribution in [0.25, 0.3) is 11.1 Å². The van der Waals surface area contributed by atoms with E-state index in [4.69, 9.17) is 0 Å². The summed E-state index contributed by atoms with van der Waals surface area (Å²) in [5.74, 6) is 0. The lowest BCUT2D eigenvalue weighted by molar-refractivity contribution is 0.778. The lowest BCUT2D eigenvalue weighted by atomic mass is 9.68. The Morgan fingerprint density at radius 2 is 1.44 bits per heavy atom. The van der Waals surface area contributed by atoms with Gasteiger partial charge in [0.25, 0.3) is 0 Å². The van der Waals surface area contributed by atoms with Gasteiger partial charge in [-0.15, -0.1) is 0 Å². The van der Waals surface area contributed by atoms with E-state index in [-0.39, 0.29) is 5.41 Å². The molecule has 2 aliphatic rings. The maximum atomic E-state index is 4.21. The van der Waals surface area contributed by atoms with E-state index in [1.165, 1.54) is 50.1 Å². The van der Waals surface area contributed by atoms with E-state index in [9.17, 15) is 0 Å². The predicted octanol–water partition coefficient (Wildman–Crippen LogP) is 6.95. The molecule has 27 heavy (non-hydrogen) atoms. The molecule has 0 aliphatic heterocycles. The molecule has 1 unspecified atom stereocenters. The average Bonchev–Trinajstić information content (AvgIpc) is 3.13. The van der Waals surface area contributed by atoms with E-state index in [1.54, 1.807) is 0 Å². The number of hydrogen-bond donors (Lipinski definition) is 0. The van der Waals surface area contributed by atoms with Crippen molar-refractivity contribution in [1.82, 2.24) is 0 Å². The summed E-state index contributed by atoms with van der Waals surface area (Å²) in [5.41, 5.74) is 10.8. The van der Waals surface area contributed by atoms with Crippen molar-refractivity contribution in [3.8, 4) is 0 Å². The first-order valence-corrected chi connectivity index (χ1v) is 9.36. The molecule has 0 heterocycles. The minimum Gasteiger partial charge on any atom is -0.0987 e. The Labute approximate surface area is 162 Å². The van der Waals surface area contributed by atoms with Crippen molar-refractivity contribution in [3.05, 3.63) is 132 Å². The highest BCUT2D eigenvalue weighted by molar-refractivity contribution is 5.99. The van der Waals surface area contributed by atoms with Crippen molar-refractivity contribution < 1.29 is 0 Å². The van der Waals surface area contributed by atoms with E-state index in [1.807, 2.05) is 18.2 Å². The summed E-state index contributed by atoms with van der Waals surface area (Å²) in [4.78, 5) is 0. The number of allylic oxidation sites excluding steroid dienone is 9. The topological polar surface area (TPSA) is 0 Å². The first-order valence-electron chi connectivity index (χ1n) is 9.36. The molecule has 0 heteroatoms. The lowest BCUT2D eigenvalue weighted by Crippen LogP contribution is -2.27. The van der Waals surface area contributed by atoms with Gasteiger partial charge in [-0.25, -0.2) is 0 Å². The van der Waals surface area contributed by atoms with Crippen LogP contribution in [-0.4, -0.2) is 0 Å². The second-order valence-corrected chi connectivity index (χ2v) is 7.11.